The Hall–Kier alpha value is -1.92. The van der Waals surface area contributed by atoms with E-state index in [4.69, 9.17) is 5.73 Å². The number of amides is 2. The quantitative estimate of drug-likeness (QED) is 0.684. The Morgan fingerprint density at radius 3 is 3.05 bits per heavy atom. The van der Waals surface area contributed by atoms with Gasteiger partial charge in [0.1, 0.15) is 0 Å². The molecule has 0 saturated heterocycles. The van der Waals surface area contributed by atoms with Crippen molar-refractivity contribution in [3.63, 3.8) is 0 Å². The third-order valence-electron chi connectivity index (χ3n) is 4.12. The summed E-state index contributed by atoms with van der Waals surface area (Å²) in [4.78, 5) is 33.5. The molecule has 7 nitrogen and oxygen atoms in total. The van der Waals surface area contributed by atoms with Crippen LogP contribution in [-0.4, -0.2) is 47.6 Å². The number of hydrogen-bond donors (Lipinski definition) is 2. The van der Waals surface area contributed by atoms with Gasteiger partial charge >= 0.3 is 0 Å². The predicted molar refractivity (Wildman–Crippen MR) is 69.5 cm³/mol. The van der Waals surface area contributed by atoms with Crippen molar-refractivity contribution >= 4 is 24.5 Å². The summed E-state index contributed by atoms with van der Waals surface area (Å²) in [6.07, 6.45) is 6.40. The van der Waals surface area contributed by atoms with Gasteiger partial charge in [0.25, 0.3) is 5.91 Å². The van der Waals surface area contributed by atoms with Crippen LogP contribution in [-0.2, 0) is 9.59 Å². The molecule has 1 saturated carbocycles. The van der Waals surface area contributed by atoms with E-state index in [9.17, 15) is 9.59 Å². The van der Waals surface area contributed by atoms with Crippen molar-refractivity contribution in [2.24, 2.45) is 21.6 Å². The molecule has 0 spiro atoms. The van der Waals surface area contributed by atoms with E-state index in [1.165, 1.54) is 6.34 Å². The van der Waals surface area contributed by atoms with E-state index >= 15 is 0 Å². The van der Waals surface area contributed by atoms with Crippen molar-refractivity contribution < 1.29 is 9.59 Å². The van der Waals surface area contributed by atoms with Gasteiger partial charge in [0.15, 0.2) is 12.2 Å². The third-order valence-corrected chi connectivity index (χ3v) is 4.12. The van der Waals surface area contributed by atoms with Crippen LogP contribution in [0.3, 0.4) is 0 Å². The zero-order valence-electron chi connectivity index (χ0n) is 10.5. The van der Waals surface area contributed by atoms with Crippen molar-refractivity contribution in [2.75, 3.05) is 0 Å². The first-order chi connectivity index (χ1) is 9.16. The highest BCUT2D eigenvalue weighted by Gasteiger charge is 2.41. The number of carbonyl (C=O) groups is 2. The number of rotatable bonds is 2. The van der Waals surface area contributed by atoms with Gasteiger partial charge in [0.2, 0.25) is 5.91 Å². The lowest BCUT2D eigenvalue weighted by Crippen LogP contribution is -2.51. The summed E-state index contributed by atoms with van der Waals surface area (Å²) in [5, 5.41) is 2.56. The SMILES string of the molecule is NC(=O)C1CCCC(N2C=NC3C(=O)NC=NC32)C1. The van der Waals surface area contributed by atoms with Crippen molar-refractivity contribution in [2.45, 2.75) is 43.9 Å². The molecule has 0 radical (unpaired) electrons. The average Bonchev–Trinajstić information content (AvgIpc) is 2.84. The molecule has 0 bridgehead atoms. The second-order valence-electron chi connectivity index (χ2n) is 5.28. The molecule has 1 fully saturated rings. The fourth-order valence-corrected chi connectivity index (χ4v) is 3.08. The van der Waals surface area contributed by atoms with Crippen LogP contribution in [0, 0.1) is 5.92 Å². The molecule has 2 aliphatic heterocycles. The fourth-order valence-electron chi connectivity index (χ4n) is 3.08. The van der Waals surface area contributed by atoms with Crippen molar-refractivity contribution in [1.82, 2.24) is 10.2 Å². The van der Waals surface area contributed by atoms with Gasteiger partial charge in [-0.3, -0.25) is 14.6 Å². The maximum absolute atomic E-state index is 11.7. The molecule has 0 aromatic carbocycles. The number of carbonyl (C=O) groups excluding carboxylic acids is 2. The molecular weight excluding hydrogens is 246 g/mol. The van der Waals surface area contributed by atoms with E-state index in [-0.39, 0.29) is 29.9 Å². The van der Waals surface area contributed by atoms with Crippen LogP contribution in [0.5, 0.6) is 0 Å². The van der Waals surface area contributed by atoms with Crippen LogP contribution in [0.1, 0.15) is 25.7 Å². The standard InChI is InChI=1S/C12H17N5O2/c13-10(18)7-2-1-3-8(4-7)17-6-16-9-11(17)14-5-15-12(9)19/h5-9,11H,1-4H2,(H2,13,18)(H,14,15,19). The van der Waals surface area contributed by atoms with E-state index in [0.717, 1.165) is 25.7 Å². The minimum Gasteiger partial charge on any atom is -0.369 e. The second-order valence-corrected chi connectivity index (χ2v) is 5.28. The Balaban J connectivity index is 1.74. The van der Waals surface area contributed by atoms with Crippen LogP contribution < -0.4 is 11.1 Å². The topological polar surface area (TPSA) is 100 Å². The molecule has 2 heterocycles. The number of nitrogens with zero attached hydrogens (tertiary/aromatic N) is 3. The van der Waals surface area contributed by atoms with Crippen LogP contribution in [0.4, 0.5) is 0 Å². The summed E-state index contributed by atoms with van der Waals surface area (Å²) in [7, 11) is 0. The Bertz CT molecular complexity index is 461. The maximum atomic E-state index is 11.7. The minimum atomic E-state index is -0.459. The molecule has 7 heteroatoms. The molecule has 3 rings (SSSR count). The van der Waals surface area contributed by atoms with Gasteiger partial charge in [0, 0.05) is 12.0 Å². The largest absolute Gasteiger partial charge is 0.369 e. The normalized spacial score (nSPS) is 37.1. The van der Waals surface area contributed by atoms with Crippen LogP contribution in [0.2, 0.25) is 0 Å². The minimum absolute atomic E-state index is 0.0763. The molecular formula is C12H17N5O2. The van der Waals surface area contributed by atoms with Crippen molar-refractivity contribution in [3.8, 4) is 0 Å². The van der Waals surface area contributed by atoms with Gasteiger partial charge in [-0.15, -0.1) is 0 Å². The summed E-state index contributed by atoms with van der Waals surface area (Å²) in [5.41, 5.74) is 5.40. The van der Waals surface area contributed by atoms with Gasteiger partial charge < -0.3 is 16.0 Å². The highest BCUT2D eigenvalue weighted by atomic mass is 16.2. The Kier molecular flexibility index (Phi) is 2.96. The number of fused-ring (bicyclic) bond motifs is 1. The smallest absolute Gasteiger partial charge is 0.254 e. The molecule has 0 aromatic heterocycles. The number of nitrogens with one attached hydrogen (secondary N) is 1. The molecule has 4 unspecified atom stereocenters. The molecule has 0 aromatic rings. The maximum Gasteiger partial charge on any atom is 0.254 e. The molecule has 1 aliphatic carbocycles. The summed E-state index contributed by atoms with van der Waals surface area (Å²) in [6.45, 7) is 0. The number of nitrogens with two attached hydrogens (primary N) is 1. The summed E-state index contributed by atoms with van der Waals surface area (Å²) >= 11 is 0. The highest BCUT2D eigenvalue weighted by Crippen LogP contribution is 2.31. The number of primary amides is 1. The molecule has 102 valence electrons. The average molecular weight is 263 g/mol. The molecule has 4 atom stereocenters. The van der Waals surface area contributed by atoms with E-state index in [0.29, 0.717) is 0 Å². The fraction of sp³-hybridized carbons (Fsp3) is 0.667. The van der Waals surface area contributed by atoms with Crippen molar-refractivity contribution in [1.29, 1.82) is 0 Å². The predicted octanol–water partition coefficient (Wildman–Crippen LogP) is -0.773. The van der Waals surface area contributed by atoms with Crippen LogP contribution >= 0.6 is 0 Å². The highest BCUT2D eigenvalue weighted by molar-refractivity contribution is 5.96. The Morgan fingerprint density at radius 1 is 1.42 bits per heavy atom. The van der Waals surface area contributed by atoms with E-state index < -0.39 is 6.04 Å². The van der Waals surface area contributed by atoms with Gasteiger partial charge in [-0.05, 0) is 19.3 Å². The van der Waals surface area contributed by atoms with Gasteiger partial charge in [-0.25, -0.2) is 4.99 Å². The van der Waals surface area contributed by atoms with Gasteiger partial charge in [-0.2, -0.15) is 0 Å². The third kappa shape index (κ3) is 2.09. The van der Waals surface area contributed by atoms with Crippen LogP contribution in [0.25, 0.3) is 0 Å². The zero-order chi connectivity index (χ0) is 13.4. The second kappa shape index (κ2) is 4.64. The Labute approximate surface area is 110 Å². The lowest BCUT2D eigenvalue weighted by Gasteiger charge is -2.37. The van der Waals surface area contributed by atoms with Crippen molar-refractivity contribution in [3.05, 3.63) is 0 Å². The van der Waals surface area contributed by atoms with Gasteiger partial charge in [0.05, 0.1) is 12.7 Å². The molecule has 3 aliphatic rings. The summed E-state index contributed by atoms with van der Waals surface area (Å²) in [6, 6.07) is -0.271. The summed E-state index contributed by atoms with van der Waals surface area (Å²) < 4.78 is 0. The first kappa shape index (κ1) is 12.1. The van der Waals surface area contributed by atoms with E-state index in [1.807, 2.05) is 4.90 Å². The lowest BCUT2D eigenvalue weighted by molar-refractivity contribution is -0.124. The zero-order valence-corrected chi connectivity index (χ0v) is 10.5. The molecule has 2 amide bonds. The number of hydrogen-bond acceptors (Lipinski definition) is 5. The summed E-state index contributed by atoms with van der Waals surface area (Å²) in [5.74, 6) is -0.434. The van der Waals surface area contributed by atoms with E-state index in [2.05, 4.69) is 15.3 Å². The monoisotopic (exact) mass is 263 g/mol. The lowest BCUT2D eigenvalue weighted by atomic mass is 9.84. The Morgan fingerprint density at radius 2 is 2.26 bits per heavy atom. The first-order valence-electron chi connectivity index (χ1n) is 6.59. The molecule has 3 N–H and O–H groups in total. The molecule has 19 heavy (non-hydrogen) atoms. The first-order valence-corrected chi connectivity index (χ1v) is 6.59. The van der Waals surface area contributed by atoms with E-state index in [1.54, 1.807) is 6.34 Å². The van der Waals surface area contributed by atoms with Crippen LogP contribution in [0.15, 0.2) is 9.98 Å². The van der Waals surface area contributed by atoms with Gasteiger partial charge in [-0.1, -0.05) is 6.42 Å². The number of aliphatic imine (C=N–C) groups is 2.